The Kier molecular flexibility index (Phi) is 5.21. The molecular weight excluding hydrogens is 220 g/mol. The number of hydrogen-bond donors (Lipinski definition) is 1. The molecule has 1 fully saturated rings. The van der Waals surface area contributed by atoms with Crippen LogP contribution in [0.4, 0.5) is 0 Å². The molecule has 0 bridgehead atoms. The Morgan fingerprint density at radius 3 is 2.83 bits per heavy atom. The van der Waals surface area contributed by atoms with Gasteiger partial charge in [0.15, 0.2) is 0 Å². The molecule has 18 heavy (non-hydrogen) atoms. The van der Waals surface area contributed by atoms with Gasteiger partial charge in [0.05, 0.1) is 0 Å². The van der Waals surface area contributed by atoms with Crippen LogP contribution in [0.15, 0.2) is 30.3 Å². The van der Waals surface area contributed by atoms with Gasteiger partial charge in [-0.15, -0.1) is 0 Å². The molecule has 1 saturated heterocycles. The molecule has 2 heteroatoms. The quantitative estimate of drug-likeness (QED) is 0.859. The second-order valence-electron chi connectivity index (χ2n) is 5.48. The Morgan fingerprint density at radius 2 is 2.11 bits per heavy atom. The predicted octanol–water partition coefficient (Wildman–Crippen LogP) is 2.55. The molecule has 1 aromatic carbocycles. The molecule has 0 amide bonds. The molecule has 0 saturated carbocycles. The first-order valence-electron chi connectivity index (χ1n) is 7.29. The average molecular weight is 246 g/mol. The summed E-state index contributed by atoms with van der Waals surface area (Å²) >= 11 is 0. The van der Waals surface area contributed by atoms with E-state index in [2.05, 4.69) is 54.4 Å². The number of benzene rings is 1. The van der Waals surface area contributed by atoms with E-state index in [0.29, 0.717) is 6.04 Å². The highest BCUT2D eigenvalue weighted by molar-refractivity contribution is 5.14. The minimum atomic E-state index is 0.680. The molecule has 0 aromatic heterocycles. The Hall–Kier alpha value is -0.860. The van der Waals surface area contributed by atoms with E-state index >= 15 is 0 Å². The molecule has 2 atom stereocenters. The number of nitrogens with one attached hydrogen (secondary N) is 1. The highest BCUT2D eigenvalue weighted by Crippen LogP contribution is 2.12. The maximum Gasteiger partial charge on any atom is 0.0221 e. The lowest BCUT2D eigenvalue weighted by molar-refractivity contribution is 0.170. The normalized spacial score (nSPS) is 22.9. The van der Waals surface area contributed by atoms with Crippen LogP contribution in [0.1, 0.15) is 25.8 Å². The van der Waals surface area contributed by atoms with E-state index in [-0.39, 0.29) is 0 Å². The maximum atomic E-state index is 3.66. The third-order valence-corrected chi connectivity index (χ3v) is 4.18. The zero-order valence-corrected chi connectivity index (χ0v) is 11.7. The van der Waals surface area contributed by atoms with E-state index in [4.69, 9.17) is 0 Å². The molecule has 2 nitrogen and oxygen atoms in total. The van der Waals surface area contributed by atoms with Gasteiger partial charge < -0.3 is 10.2 Å². The zero-order valence-electron chi connectivity index (χ0n) is 11.7. The maximum absolute atomic E-state index is 3.66. The molecule has 0 spiro atoms. The Morgan fingerprint density at radius 1 is 1.33 bits per heavy atom. The van der Waals surface area contributed by atoms with Gasteiger partial charge in [-0.05, 0) is 17.9 Å². The summed E-state index contributed by atoms with van der Waals surface area (Å²) in [5.74, 6) is 0.782. The SMILES string of the molecule is CCC(C)C1CN(CCc2ccccc2)CCN1. The summed E-state index contributed by atoms with van der Waals surface area (Å²) in [6.07, 6.45) is 2.44. The highest BCUT2D eigenvalue weighted by Gasteiger charge is 2.22. The molecule has 1 heterocycles. The van der Waals surface area contributed by atoms with E-state index in [1.807, 2.05) is 0 Å². The summed E-state index contributed by atoms with van der Waals surface area (Å²) in [5.41, 5.74) is 1.45. The first-order valence-corrected chi connectivity index (χ1v) is 7.29. The van der Waals surface area contributed by atoms with E-state index in [1.54, 1.807) is 0 Å². The summed E-state index contributed by atoms with van der Waals surface area (Å²) < 4.78 is 0. The van der Waals surface area contributed by atoms with Gasteiger partial charge in [0.1, 0.15) is 0 Å². The molecule has 1 aliphatic rings. The van der Waals surface area contributed by atoms with Crippen LogP contribution in [-0.4, -0.2) is 37.1 Å². The molecule has 1 N–H and O–H groups in total. The lowest BCUT2D eigenvalue weighted by Gasteiger charge is -2.36. The van der Waals surface area contributed by atoms with Crippen molar-refractivity contribution in [3.63, 3.8) is 0 Å². The van der Waals surface area contributed by atoms with Crippen molar-refractivity contribution in [3.05, 3.63) is 35.9 Å². The number of piperazine rings is 1. The number of rotatable bonds is 5. The van der Waals surface area contributed by atoms with Crippen molar-refractivity contribution in [2.45, 2.75) is 32.7 Å². The fourth-order valence-corrected chi connectivity index (χ4v) is 2.64. The molecule has 100 valence electrons. The van der Waals surface area contributed by atoms with Gasteiger partial charge in [-0.25, -0.2) is 0 Å². The molecule has 2 unspecified atom stereocenters. The lowest BCUT2D eigenvalue weighted by atomic mass is 9.97. The first kappa shape index (κ1) is 13.6. The topological polar surface area (TPSA) is 15.3 Å². The Bertz CT molecular complexity index is 336. The highest BCUT2D eigenvalue weighted by atomic mass is 15.2. The third kappa shape index (κ3) is 3.82. The van der Waals surface area contributed by atoms with Gasteiger partial charge in [0.2, 0.25) is 0 Å². The second-order valence-corrected chi connectivity index (χ2v) is 5.48. The van der Waals surface area contributed by atoms with Crippen molar-refractivity contribution in [1.82, 2.24) is 10.2 Å². The van der Waals surface area contributed by atoms with Gasteiger partial charge in [0, 0.05) is 32.2 Å². The fraction of sp³-hybridized carbons (Fsp3) is 0.625. The van der Waals surface area contributed by atoms with Crippen LogP contribution in [0.5, 0.6) is 0 Å². The first-order chi connectivity index (χ1) is 8.79. The van der Waals surface area contributed by atoms with E-state index in [1.165, 1.54) is 38.0 Å². The van der Waals surface area contributed by atoms with Crippen molar-refractivity contribution >= 4 is 0 Å². The van der Waals surface area contributed by atoms with Crippen LogP contribution in [0, 0.1) is 5.92 Å². The minimum Gasteiger partial charge on any atom is -0.311 e. The summed E-state index contributed by atoms with van der Waals surface area (Å²) in [6.45, 7) is 9.39. The van der Waals surface area contributed by atoms with Crippen LogP contribution in [-0.2, 0) is 6.42 Å². The summed E-state index contributed by atoms with van der Waals surface area (Å²) in [7, 11) is 0. The predicted molar refractivity (Wildman–Crippen MR) is 77.8 cm³/mol. The van der Waals surface area contributed by atoms with Crippen LogP contribution in [0.3, 0.4) is 0 Å². The monoisotopic (exact) mass is 246 g/mol. The number of hydrogen-bond acceptors (Lipinski definition) is 2. The van der Waals surface area contributed by atoms with Crippen molar-refractivity contribution in [2.75, 3.05) is 26.2 Å². The van der Waals surface area contributed by atoms with Gasteiger partial charge in [-0.3, -0.25) is 0 Å². The number of nitrogens with zero attached hydrogens (tertiary/aromatic N) is 1. The van der Waals surface area contributed by atoms with Crippen LogP contribution >= 0.6 is 0 Å². The standard InChI is InChI=1S/C16H26N2/c1-3-14(2)16-13-18(12-10-17-16)11-9-15-7-5-4-6-8-15/h4-8,14,16-17H,3,9-13H2,1-2H3. The molecule has 1 aliphatic heterocycles. The van der Waals surface area contributed by atoms with Gasteiger partial charge in [-0.1, -0.05) is 50.6 Å². The van der Waals surface area contributed by atoms with E-state index in [0.717, 1.165) is 12.5 Å². The Balaban J connectivity index is 1.79. The fourth-order valence-electron chi connectivity index (χ4n) is 2.64. The Labute approximate surface area is 111 Å². The van der Waals surface area contributed by atoms with Crippen LogP contribution in [0.2, 0.25) is 0 Å². The van der Waals surface area contributed by atoms with Crippen molar-refractivity contribution < 1.29 is 0 Å². The molecular formula is C16H26N2. The molecule has 0 aliphatic carbocycles. The van der Waals surface area contributed by atoms with Gasteiger partial charge in [-0.2, -0.15) is 0 Å². The minimum absolute atomic E-state index is 0.680. The van der Waals surface area contributed by atoms with Crippen LogP contribution in [0.25, 0.3) is 0 Å². The van der Waals surface area contributed by atoms with E-state index in [9.17, 15) is 0 Å². The molecule has 1 aromatic rings. The average Bonchev–Trinajstić information content (AvgIpc) is 2.45. The summed E-state index contributed by atoms with van der Waals surface area (Å²) in [5, 5.41) is 3.66. The van der Waals surface area contributed by atoms with Crippen molar-refractivity contribution in [3.8, 4) is 0 Å². The third-order valence-electron chi connectivity index (χ3n) is 4.18. The van der Waals surface area contributed by atoms with Crippen molar-refractivity contribution in [2.24, 2.45) is 5.92 Å². The van der Waals surface area contributed by atoms with Gasteiger partial charge in [0.25, 0.3) is 0 Å². The molecule has 0 radical (unpaired) electrons. The second kappa shape index (κ2) is 6.91. The van der Waals surface area contributed by atoms with E-state index < -0.39 is 0 Å². The summed E-state index contributed by atoms with van der Waals surface area (Å²) in [6, 6.07) is 11.5. The van der Waals surface area contributed by atoms with Crippen LogP contribution < -0.4 is 5.32 Å². The molecule has 2 rings (SSSR count). The zero-order chi connectivity index (χ0) is 12.8. The smallest absolute Gasteiger partial charge is 0.0221 e. The van der Waals surface area contributed by atoms with Crippen molar-refractivity contribution in [1.29, 1.82) is 0 Å². The largest absolute Gasteiger partial charge is 0.311 e. The van der Waals surface area contributed by atoms with Gasteiger partial charge >= 0.3 is 0 Å². The summed E-state index contributed by atoms with van der Waals surface area (Å²) in [4.78, 5) is 2.61. The lowest BCUT2D eigenvalue weighted by Crippen LogP contribution is -2.53.